The molecule has 0 heterocycles. The molecule has 0 spiro atoms. The van der Waals surface area contributed by atoms with Crippen molar-refractivity contribution < 1.29 is 9.90 Å². The number of likely N-dealkylation sites (N-methyl/N-ethyl adjacent to an activating group) is 1. The summed E-state index contributed by atoms with van der Waals surface area (Å²) in [5, 5.41) is 24.1. The maximum absolute atomic E-state index is 11.9. The van der Waals surface area contributed by atoms with Crippen molar-refractivity contribution in [2.24, 2.45) is 10.2 Å². The number of carbonyl (C=O) groups excluding carboxylic acids is 1. The lowest BCUT2D eigenvalue weighted by atomic mass is 10.1. The van der Waals surface area contributed by atoms with E-state index in [-0.39, 0.29) is 11.7 Å². The number of hydrogen-bond donors (Lipinski definition) is 3. The minimum absolute atomic E-state index is 0.0896. The second-order valence-electron chi connectivity index (χ2n) is 5.37. The van der Waals surface area contributed by atoms with Crippen LogP contribution in [0.4, 0.5) is 11.4 Å². The number of phenols is 1. The third-order valence-corrected chi connectivity index (χ3v) is 4.03. The van der Waals surface area contributed by atoms with Crippen LogP contribution in [0, 0.1) is 0 Å². The van der Waals surface area contributed by atoms with E-state index in [2.05, 4.69) is 43.5 Å². The van der Waals surface area contributed by atoms with Gasteiger partial charge in [0, 0.05) is 16.5 Å². The monoisotopic (exact) mass is 452 g/mol. The zero-order chi connectivity index (χ0) is 18.1. The molecular weight excluding hydrogens is 431 g/mol. The fourth-order valence-electron chi connectivity index (χ4n) is 2.13. The number of hydrogen-bond acceptors (Lipinski definition) is 5. The van der Waals surface area contributed by atoms with Gasteiger partial charge in [0.25, 0.3) is 5.91 Å². The number of nitrogens with one attached hydrogen (secondary N) is 2. The lowest BCUT2D eigenvalue weighted by Crippen LogP contribution is -2.24. The summed E-state index contributed by atoms with van der Waals surface area (Å²) in [6.07, 6.45) is 0.848. The Labute approximate surface area is 160 Å². The molecule has 0 bridgehead atoms. The van der Waals surface area contributed by atoms with E-state index in [1.165, 1.54) is 0 Å². The van der Waals surface area contributed by atoms with Gasteiger partial charge >= 0.3 is 0 Å². The van der Waals surface area contributed by atoms with E-state index >= 15 is 0 Å². The topological polar surface area (TPSA) is 86.1 Å². The highest BCUT2D eigenvalue weighted by atomic mass is 127. The normalized spacial score (nSPS) is 11.0. The number of nitrogens with zero attached hydrogens (tertiary/aromatic N) is 2. The number of azo groups is 1. The molecule has 0 fully saturated rings. The van der Waals surface area contributed by atoms with Crippen molar-refractivity contribution in [1.82, 2.24) is 10.6 Å². The standard InChI is InChI=1S/C18H21IN4O2/c1-20-10-8-13-2-7-17(24)16(12-13)23-22-15-5-3-14(4-6-15)18(25)21-11-9-19/h2-7,12,20,24H,8-11H2,1H3,(H,21,25). The van der Waals surface area contributed by atoms with E-state index in [1.807, 2.05) is 19.2 Å². The largest absolute Gasteiger partial charge is 0.506 e. The number of benzene rings is 2. The van der Waals surface area contributed by atoms with Crippen molar-refractivity contribution in [3.63, 3.8) is 0 Å². The summed E-state index contributed by atoms with van der Waals surface area (Å²) in [5.41, 5.74) is 2.70. The molecule has 7 heteroatoms. The van der Waals surface area contributed by atoms with Crippen LogP contribution in [-0.2, 0) is 6.42 Å². The van der Waals surface area contributed by atoms with Crippen LogP contribution >= 0.6 is 22.6 Å². The Balaban J connectivity index is 2.07. The summed E-state index contributed by atoms with van der Waals surface area (Å²) in [7, 11) is 1.90. The second-order valence-corrected chi connectivity index (χ2v) is 6.45. The van der Waals surface area contributed by atoms with Crippen molar-refractivity contribution >= 4 is 39.9 Å². The van der Waals surface area contributed by atoms with Crippen LogP contribution in [0.25, 0.3) is 0 Å². The smallest absolute Gasteiger partial charge is 0.251 e. The summed E-state index contributed by atoms with van der Waals surface area (Å²) in [5.74, 6) is -0.0122. The molecule has 2 rings (SSSR count). The third-order valence-electron chi connectivity index (χ3n) is 3.49. The summed E-state index contributed by atoms with van der Waals surface area (Å²) >= 11 is 2.21. The SMILES string of the molecule is CNCCc1ccc(O)c(N=Nc2ccc(C(=O)NCCI)cc2)c1. The maximum Gasteiger partial charge on any atom is 0.251 e. The quantitative estimate of drug-likeness (QED) is 0.324. The first-order valence-corrected chi connectivity index (χ1v) is 9.49. The lowest BCUT2D eigenvalue weighted by molar-refractivity contribution is 0.0956. The van der Waals surface area contributed by atoms with Crippen LogP contribution < -0.4 is 10.6 Å². The zero-order valence-electron chi connectivity index (χ0n) is 14.0. The van der Waals surface area contributed by atoms with Gasteiger partial charge < -0.3 is 15.7 Å². The van der Waals surface area contributed by atoms with Crippen molar-refractivity contribution in [2.45, 2.75) is 6.42 Å². The minimum Gasteiger partial charge on any atom is -0.506 e. The fraction of sp³-hybridized carbons (Fsp3) is 0.278. The van der Waals surface area contributed by atoms with Crippen LogP contribution in [-0.4, -0.2) is 35.6 Å². The molecule has 6 nitrogen and oxygen atoms in total. The highest BCUT2D eigenvalue weighted by molar-refractivity contribution is 14.1. The van der Waals surface area contributed by atoms with Crippen LogP contribution in [0.1, 0.15) is 15.9 Å². The van der Waals surface area contributed by atoms with Crippen molar-refractivity contribution in [3.8, 4) is 5.75 Å². The molecule has 0 aromatic heterocycles. The number of carbonyl (C=O) groups is 1. The highest BCUT2D eigenvalue weighted by Gasteiger charge is 2.05. The second kappa shape index (κ2) is 10.1. The first-order chi connectivity index (χ1) is 12.1. The molecule has 0 aliphatic rings. The van der Waals surface area contributed by atoms with Gasteiger partial charge in [-0.05, 0) is 62.0 Å². The van der Waals surface area contributed by atoms with Gasteiger partial charge in [-0.3, -0.25) is 4.79 Å². The molecule has 1 amide bonds. The average molecular weight is 452 g/mol. The van der Waals surface area contributed by atoms with E-state index in [0.29, 0.717) is 23.5 Å². The number of amides is 1. The van der Waals surface area contributed by atoms with Crippen molar-refractivity contribution in [3.05, 3.63) is 53.6 Å². The van der Waals surface area contributed by atoms with Gasteiger partial charge in [-0.2, -0.15) is 5.11 Å². The summed E-state index contributed by atoms with van der Waals surface area (Å²) in [6.45, 7) is 1.49. The van der Waals surface area contributed by atoms with E-state index in [1.54, 1.807) is 30.3 Å². The number of aromatic hydroxyl groups is 1. The van der Waals surface area contributed by atoms with Gasteiger partial charge in [0.15, 0.2) is 0 Å². The molecule has 2 aromatic rings. The Kier molecular flexibility index (Phi) is 7.80. The van der Waals surface area contributed by atoms with Gasteiger partial charge in [-0.25, -0.2) is 0 Å². The predicted molar refractivity (Wildman–Crippen MR) is 108 cm³/mol. The Morgan fingerprint density at radius 2 is 1.88 bits per heavy atom. The molecule has 0 saturated carbocycles. The van der Waals surface area contributed by atoms with E-state index in [9.17, 15) is 9.90 Å². The molecule has 2 aromatic carbocycles. The van der Waals surface area contributed by atoms with Crippen LogP contribution in [0.15, 0.2) is 52.7 Å². The molecule has 0 radical (unpaired) electrons. The molecule has 0 atom stereocenters. The van der Waals surface area contributed by atoms with E-state index in [0.717, 1.165) is 23.0 Å². The van der Waals surface area contributed by atoms with Crippen LogP contribution in [0.3, 0.4) is 0 Å². The number of alkyl halides is 1. The third kappa shape index (κ3) is 6.09. The molecule has 3 N–H and O–H groups in total. The van der Waals surface area contributed by atoms with Crippen LogP contribution in [0.2, 0.25) is 0 Å². The van der Waals surface area contributed by atoms with Gasteiger partial charge in [0.2, 0.25) is 0 Å². The first-order valence-electron chi connectivity index (χ1n) is 7.96. The number of phenolic OH excluding ortho intramolecular Hbond substituents is 1. The van der Waals surface area contributed by atoms with Crippen molar-refractivity contribution in [2.75, 3.05) is 24.6 Å². The molecule has 0 aliphatic heterocycles. The molecule has 25 heavy (non-hydrogen) atoms. The van der Waals surface area contributed by atoms with Gasteiger partial charge in [-0.1, -0.05) is 28.7 Å². The van der Waals surface area contributed by atoms with Crippen LogP contribution in [0.5, 0.6) is 5.75 Å². The molecule has 0 aliphatic carbocycles. The Morgan fingerprint density at radius 1 is 1.12 bits per heavy atom. The van der Waals surface area contributed by atoms with Gasteiger partial charge in [-0.15, -0.1) is 5.11 Å². The van der Waals surface area contributed by atoms with Gasteiger partial charge in [0.1, 0.15) is 11.4 Å². The lowest BCUT2D eigenvalue weighted by Gasteiger charge is -2.04. The number of halogens is 1. The molecule has 132 valence electrons. The summed E-state index contributed by atoms with van der Waals surface area (Å²) in [4.78, 5) is 11.9. The van der Waals surface area contributed by atoms with Crippen molar-refractivity contribution in [1.29, 1.82) is 0 Å². The highest BCUT2D eigenvalue weighted by Crippen LogP contribution is 2.29. The Hall–Kier alpha value is -2.00. The van der Waals surface area contributed by atoms with E-state index in [4.69, 9.17) is 0 Å². The number of rotatable bonds is 8. The Morgan fingerprint density at radius 3 is 2.56 bits per heavy atom. The van der Waals surface area contributed by atoms with Gasteiger partial charge in [0.05, 0.1) is 5.69 Å². The summed E-state index contributed by atoms with van der Waals surface area (Å²) in [6, 6.07) is 12.2. The minimum atomic E-state index is -0.102. The molecule has 0 unspecified atom stereocenters. The molecular formula is C18H21IN4O2. The Bertz CT molecular complexity index is 732. The predicted octanol–water partition coefficient (Wildman–Crippen LogP) is 3.73. The first kappa shape index (κ1) is 19.3. The van der Waals surface area contributed by atoms with E-state index < -0.39 is 0 Å². The maximum atomic E-state index is 11.9. The summed E-state index contributed by atoms with van der Waals surface area (Å²) < 4.78 is 0.868. The molecule has 0 saturated heterocycles. The average Bonchev–Trinajstić information content (AvgIpc) is 2.64. The fourth-order valence-corrected chi connectivity index (χ4v) is 2.40. The zero-order valence-corrected chi connectivity index (χ0v) is 16.2.